The second kappa shape index (κ2) is 15.4. The summed E-state index contributed by atoms with van der Waals surface area (Å²) in [5, 5.41) is 9.00. The first kappa shape index (κ1) is 22.8. The number of piperidine rings is 2. The highest BCUT2D eigenvalue weighted by atomic mass is 16.5. The van der Waals surface area contributed by atoms with Gasteiger partial charge in [0.25, 0.3) is 0 Å². The number of likely N-dealkylation sites (tertiary alicyclic amines) is 2. The molecule has 3 fully saturated rings. The molecule has 4 heteroatoms. The van der Waals surface area contributed by atoms with E-state index in [9.17, 15) is 0 Å². The third kappa shape index (κ3) is 12.9. The first-order valence-corrected chi connectivity index (χ1v) is 9.69. The van der Waals surface area contributed by atoms with Gasteiger partial charge in [-0.05, 0) is 72.1 Å². The summed E-state index contributed by atoms with van der Waals surface area (Å²) >= 11 is 0. The number of aliphatic hydroxyl groups is 1. The van der Waals surface area contributed by atoms with E-state index in [1.807, 2.05) is 13.8 Å². The number of hydrogen-bond acceptors (Lipinski definition) is 4. The van der Waals surface area contributed by atoms with Crippen LogP contribution >= 0.6 is 0 Å². The Morgan fingerprint density at radius 3 is 1.43 bits per heavy atom. The zero-order valence-corrected chi connectivity index (χ0v) is 16.4. The smallest absolute Gasteiger partial charge is 0.0571 e. The highest BCUT2D eigenvalue weighted by molar-refractivity contribution is 4.68. The average Bonchev–Trinajstić information content (AvgIpc) is 2.53. The van der Waals surface area contributed by atoms with Gasteiger partial charge in [-0.1, -0.05) is 20.3 Å². The fraction of sp³-hybridized carbons (Fsp3) is 1.00. The van der Waals surface area contributed by atoms with Crippen molar-refractivity contribution in [1.29, 1.82) is 0 Å². The van der Waals surface area contributed by atoms with Crippen LogP contribution in [0.2, 0.25) is 0 Å². The predicted molar refractivity (Wildman–Crippen MR) is 100 cm³/mol. The van der Waals surface area contributed by atoms with E-state index in [1.165, 1.54) is 51.6 Å². The molecule has 1 N–H and O–H groups in total. The quantitative estimate of drug-likeness (QED) is 0.799. The number of rotatable bonds is 1. The fourth-order valence-electron chi connectivity index (χ4n) is 2.65. The summed E-state index contributed by atoms with van der Waals surface area (Å²) in [6.45, 7) is 8.75. The van der Waals surface area contributed by atoms with Crippen molar-refractivity contribution in [3.63, 3.8) is 0 Å². The summed E-state index contributed by atoms with van der Waals surface area (Å²) in [4.78, 5) is 4.64. The van der Waals surface area contributed by atoms with E-state index < -0.39 is 0 Å². The monoisotopic (exact) mass is 330 g/mol. The van der Waals surface area contributed by atoms with Gasteiger partial charge in [-0.25, -0.2) is 0 Å². The number of ether oxygens (including phenoxy) is 1. The first-order chi connectivity index (χ1) is 11.1. The molecule has 0 aromatic heterocycles. The molecule has 4 nitrogen and oxygen atoms in total. The van der Waals surface area contributed by atoms with Crippen LogP contribution in [-0.4, -0.2) is 74.5 Å². The number of aliphatic hydroxyl groups excluding tert-OH is 1. The third-order valence-corrected chi connectivity index (χ3v) is 4.65. The summed E-state index contributed by atoms with van der Waals surface area (Å²) in [6, 6.07) is 0. The molecule has 0 spiro atoms. The molecule has 23 heavy (non-hydrogen) atoms. The summed E-state index contributed by atoms with van der Waals surface area (Å²) in [6.07, 6.45) is 10.7. The molecule has 0 aromatic carbocycles. The van der Waals surface area contributed by atoms with Crippen LogP contribution in [-0.2, 0) is 4.74 Å². The maximum atomic E-state index is 9.00. The van der Waals surface area contributed by atoms with E-state index in [0.29, 0.717) is 6.10 Å². The minimum atomic E-state index is -0.0220. The molecule has 3 aliphatic rings. The molecule has 2 aliphatic heterocycles. The molecule has 0 atom stereocenters. The van der Waals surface area contributed by atoms with Gasteiger partial charge in [-0.2, -0.15) is 0 Å². The van der Waals surface area contributed by atoms with Crippen LogP contribution in [0.25, 0.3) is 0 Å². The van der Waals surface area contributed by atoms with Crippen LogP contribution in [0.1, 0.15) is 65.2 Å². The zero-order valence-electron chi connectivity index (χ0n) is 16.4. The van der Waals surface area contributed by atoms with Crippen LogP contribution in [0.3, 0.4) is 0 Å². The Kier molecular flexibility index (Phi) is 15.3. The summed E-state index contributed by atoms with van der Waals surface area (Å²) < 4.78 is 4.99. The first-order valence-electron chi connectivity index (χ1n) is 9.69. The maximum absolute atomic E-state index is 9.00. The largest absolute Gasteiger partial charge is 0.393 e. The van der Waals surface area contributed by atoms with Crippen LogP contribution < -0.4 is 0 Å². The predicted octanol–water partition coefficient (Wildman–Crippen LogP) is 3.39. The Labute approximate surface area is 145 Å². The fourth-order valence-corrected chi connectivity index (χ4v) is 2.65. The third-order valence-electron chi connectivity index (χ3n) is 4.65. The molecule has 3 rings (SSSR count). The Bertz CT molecular complexity index is 221. The number of hydrogen-bond donors (Lipinski definition) is 1. The Hall–Kier alpha value is -0.160. The Morgan fingerprint density at radius 1 is 0.739 bits per heavy atom. The van der Waals surface area contributed by atoms with E-state index in [4.69, 9.17) is 9.84 Å². The van der Waals surface area contributed by atoms with Crippen molar-refractivity contribution in [2.24, 2.45) is 0 Å². The molecule has 0 unspecified atom stereocenters. The van der Waals surface area contributed by atoms with Crippen LogP contribution in [0.5, 0.6) is 0 Å². The molecule has 0 aromatic rings. The van der Waals surface area contributed by atoms with Crippen molar-refractivity contribution in [3.05, 3.63) is 0 Å². The van der Waals surface area contributed by atoms with Gasteiger partial charge in [0.2, 0.25) is 0 Å². The van der Waals surface area contributed by atoms with E-state index in [1.54, 1.807) is 7.11 Å². The van der Waals surface area contributed by atoms with Crippen molar-refractivity contribution in [1.82, 2.24) is 9.80 Å². The second-order valence-electron chi connectivity index (χ2n) is 6.69. The summed E-state index contributed by atoms with van der Waals surface area (Å²) in [5.41, 5.74) is 0. The van der Waals surface area contributed by atoms with E-state index in [2.05, 4.69) is 23.9 Å². The van der Waals surface area contributed by atoms with Gasteiger partial charge in [0.1, 0.15) is 0 Å². The van der Waals surface area contributed by atoms with E-state index >= 15 is 0 Å². The molecule has 0 bridgehead atoms. The van der Waals surface area contributed by atoms with Gasteiger partial charge in [0.15, 0.2) is 0 Å². The van der Waals surface area contributed by atoms with Crippen molar-refractivity contribution in [3.8, 4) is 0 Å². The zero-order chi connectivity index (χ0) is 17.5. The van der Waals surface area contributed by atoms with Gasteiger partial charge in [-0.3, -0.25) is 0 Å². The Morgan fingerprint density at radius 2 is 1.22 bits per heavy atom. The summed E-state index contributed by atoms with van der Waals surface area (Å²) in [7, 11) is 6.06. The average molecular weight is 331 g/mol. The molecule has 1 saturated carbocycles. The standard InChI is InChI=1S/C6H13NO.C6H13N.C5H10O.C2H6/c1-7-4-2-6(8)3-5-7;1-7-5-3-2-4-6-7;1-6-5-3-2-4-5;1-2/h6,8H,2-5H2,1H3;2-6H2,1H3;5H,2-4H2,1H3;1-2H3. The van der Waals surface area contributed by atoms with Crippen molar-refractivity contribution in [2.45, 2.75) is 77.4 Å². The van der Waals surface area contributed by atoms with E-state index in [-0.39, 0.29) is 6.10 Å². The molecular weight excluding hydrogens is 288 g/mol. The molecular formula is C19H42N2O2. The highest BCUT2D eigenvalue weighted by Gasteiger charge is 2.14. The van der Waals surface area contributed by atoms with Gasteiger partial charge in [0.05, 0.1) is 12.2 Å². The van der Waals surface area contributed by atoms with Gasteiger partial charge in [-0.15, -0.1) is 0 Å². The summed E-state index contributed by atoms with van der Waals surface area (Å²) in [5.74, 6) is 0. The molecule has 0 radical (unpaired) electrons. The van der Waals surface area contributed by atoms with Crippen LogP contribution in [0.15, 0.2) is 0 Å². The maximum Gasteiger partial charge on any atom is 0.0571 e. The number of nitrogens with zero attached hydrogens (tertiary/aromatic N) is 2. The minimum Gasteiger partial charge on any atom is -0.393 e. The van der Waals surface area contributed by atoms with Gasteiger partial charge in [0, 0.05) is 20.2 Å². The van der Waals surface area contributed by atoms with Crippen LogP contribution in [0.4, 0.5) is 0 Å². The lowest BCUT2D eigenvalue weighted by molar-refractivity contribution is 0.0412. The lowest BCUT2D eigenvalue weighted by Crippen LogP contribution is -2.32. The molecule has 1 aliphatic carbocycles. The second-order valence-corrected chi connectivity index (χ2v) is 6.69. The van der Waals surface area contributed by atoms with Gasteiger partial charge < -0.3 is 19.6 Å². The molecule has 140 valence electrons. The highest BCUT2D eigenvalue weighted by Crippen LogP contribution is 2.20. The lowest BCUT2D eigenvalue weighted by atomic mass is 9.96. The van der Waals surface area contributed by atoms with Crippen molar-refractivity contribution in [2.75, 3.05) is 47.4 Å². The SMILES string of the molecule is CC.CN1CCC(O)CC1.CN1CCCCC1.COC1CCC1. The van der Waals surface area contributed by atoms with Crippen LogP contribution in [0, 0.1) is 0 Å². The minimum absolute atomic E-state index is 0.0220. The Balaban J connectivity index is 0.000000302. The van der Waals surface area contributed by atoms with Crippen molar-refractivity contribution >= 4 is 0 Å². The molecule has 2 saturated heterocycles. The van der Waals surface area contributed by atoms with Crippen molar-refractivity contribution < 1.29 is 9.84 Å². The lowest BCUT2D eigenvalue weighted by Gasteiger charge is -2.25. The molecule has 2 heterocycles. The topological polar surface area (TPSA) is 35.9 Å². The normalized spacial score (nSPS) is 23.2. The molecule has 0 amide bonds. The van der Waals surface area contributed by atoms with E-state index in [0.717, 1.165) is 25.9 Å². The van der Waals surface area contributed by atoms with Gasteiger partial charge >= 0.3 is 0 Å². The number of methoxy groups -OCH3 is 1.